The van der Waals surface area contributed by atoms with Crippen molar-refractivity contribution in [3.05, 3.63) is 123 Å². The Morgan fingerprint density at radius 1 is 0.925 bits per heavy atom. The molecule has 2 aromatic heterocycles. The summed E-state index contributed by atoms with van der Waals surface area (Å²) in [6.45, 7) is 4.23. The Labute approximate surface area is 238 Å². The maximum Gasteiger partial charge on any atom is 0.196 e. The minimum Gasteiger partial charge on any atom is -0.497 e. The summed E-state index contributed by atoms with van der Waals surface area (Å²) in [4.78, 5) is 18.1. The van der Waals surface area contributed by atoms with Crippen molar-refractivity contribution in [3.63, 3.8) is 0 Å². The summed E-state index contributed by atoms with van der Waals surface area (Å²) in [5.74, 6) is 0.501. The summed E-state index contributed by atoms with van der Waals surface area (Å²) in [6, 6.07) is 25.0. The third kappa shape index (κ3) is 6.02. The molecule has 206 valence electrons. The van der Waals surface area contributed by atoms with Crippen LogP contribution < -0.4 is 10.2 Å². The van der Waals surface area contributed by atoms with E-state index < -0.39 is 0 Å². The molecule has 0 saturated heterocycles. The van der Waals surface area contributed by atoms with E-state index >= 15 is 0 Å². The molecule has 5 nitrogen and oxygen atoms in total. The van der Waals surface area contributed by atoms with Crippen LogP contribution in [0.25, 0.3) is 20.7 Å². The quantitative estimate of drug-likeness (QED) is 0.174. The summed E-state index contributed by atoms with van der Waals surface area (Å²) < 4.78 is 27.8. The van der Waals surface area contributed by atoms with Crippen molar-refractivity contribution in [1.82, 2.24) is 9.47 Å². The van der Waals surface area contributed by atoms with Crippen LogP contribution in [0.1, 0.15) is 29.2 Å². The molecule has 0 amide bonds. The number of benzene rings is 3. The van der Waals surface area contributed by atoms with Gasteiger partial charge in [-0.25, -0.2) is 4.39 Å². The lowest BCUT2D eigenvalue weighted by Gasteiger charge is -2.18. The predicted octanol–water partition coefficient (Wildman–Crippen LogP) is 7.09. The highest BCUT2D eigenvalue weighted by atomic mass is 32.1. The molecule has 0 aliphatic rings. The molecule has 0 radical (unpaired) electrons. The maximum absolute atomic E-state index is 14.7. The number of thiophene rings is 1. The largest absolute Gasteiger partial charge is 0.497 e. The summed E-state index contributed by atoms with van der Waals surface area (Å²) in [5, 5.41) is 0.671. The predicted molar refractivity (Wildman–Crippen MR) is 161 cm³/mol. The third-order valence-corrected chi connectivity index (χ3v) is 8.23. The first-order valence-corrected chi connectivity index (χ1v) is 14.2. The lowest BCUT2D eigenvalue weighted by Crippen LogP contribution is -2.20. The molecule has 0 N–H and O–H groups in total. The number of nitrogens with zero attached hydrogens (tertiary/aromatic N) is 2. The Balaban J connectivity index is 1.69. The molecule has 0 spiro atoms. The summed E-state index contributed by atoms with van der Waals surface area (Å²) in [5.41, 5.74) is 4.27. The smallest absolute Gasteiger partial charge is 0.196 e. The molecule has 3 aromatic carbocycles. The molecule has 0 atom stereocenters. The van der Waals surface area contributed by atoms with E-state index in [1.165, 1.54) is 11.6 Å². The van der Waals surface area contributed by atoms with Gasteiger partial charge in [-0.3, -0.25) is 9.69 Å². The number of aromatic nitrogens is 1. The van der Waals surface area contributed by atoms with Crippen molar-refractivity contribution < 1.29 is 13.9 Å². The van der Waals surface area contributed by atoms with Crippen LogP contribution in [-0.2, 0) is 31.0 Å². The van der Waals surface area contributed by atoms with Gasteiger partial charge in [-0.1, -0.05) is 48.5 Å². The molecule has 0 unspecified atom stereocenters. The van der Waals surface area contributed by atoms with E-state index in [1.54, 1.807) is 30.6 Å². The fourth-order valence-corrected chi connectivity index (χ4v) is 6.23. The Bertz CT molecular complexity index is 1640. The van der Waals surface area contributed by atoms with Gasteiger partial charge in [0.05, 0.1) is 25.6 Å². The summed E-state index contributed by atoms with van der Waals surface area (Å²) >= 11 is 1.57. The zero-order chi connectivity index (χ0) is 28.1. The molecule has 7 heteroatoms. The van der Waals surface area contributed by atoms with Crippen molar-refractivity contribution >= 4 is 21.6 Å². The molecular weight excluding hydrogens is 523 g/mol. The van der Waals surface area contributed by atoms with Gasteiger partial charge in [-0.15, -0.1) is 11.3 Å². The van der Waals surface area contributed by atoms with Crippen LogP contribution in [0.5, 0.6) is 5.75 Å². The molecule has 5 aromatic rings. The van der Waals surface area contributed by atoms with Crippen molar-refractivity contribution in [1.29, 1.82) is 0 Å². The molecular formula is C33H33FN2O3S. The number of hydrogen-bond acceptors (Lipinski definition) is 5. The second kappa shape index (κ2) is 12.6. The van der Waals surface area contributed by atoms with Crippen molar-refractivity contribution in [2.75, 3.05) is 20.8 Å². The van der Waals surface area contributed by atoms with Gasteiger partial charge in [-0.2, -0.15) is 0 Å². The van der Waals surface area contributed by atoms with Crippen LogP contribution in [-0.4, -0.2) is 30.2 Å². The minimum absolute atomic E-state index is 0.0349. The monoisotopic (exact) mass is 556 g/mol. The van der Waals surface area contributed by atoms with E-state index in [2.05, 4.69) is 24.1 Å². The average Bonchev–Trinajstić information content (AvgIpc) is 3.35. The van der Waals surface area contributed by atoms with Crippen LogP contribution in [0, 0.1) is 5.82 Å². The maximum atomic E-state index is 14.7. The molecule has 0 aliphatic carbocycles. The van der Waals surface area contributed by atoms with Gasteiger partial charge in [0.25, 0.3) is 0 Å². The number of ether oxygens (including phenoxy) is 2. The van der Waals surface area contributed by atoms with Crippen molar-refractivity contribution in [2.24, 2.45) is 0 Å². The molecule has 5 rings (SSSR count). The lowest BCUT2D eigenvalue weighted by atomic mass is 10.0. The lowest BCUT2D eigenvalue weighted by molar-refractivity contribution is 0.133. The highest BCUT2D eigenvalue weighted by molar-refractivity contribution is 7.22. The first-order chi connectivity index (χ1) is 19.5. The van der Waals surface area contributed by atoms with Gasteiger partial charge in [0, 0.05) is 41.9 Å². The van der Waals surface area contributed by atoms with E-state index in [0.29, 0.717) is 36.2 Å². The summed E-state index contributed by atoms with van der Waals surface area (Å²) in [6.07, 6.45) is 1.83. The molecule has 0 aliphatic heterocycles. The zero-order valence-corrected chi connectivity index (χ0v) is 23.8. The molecule has 2 heterocycles. The first kappa shape index (κ1) is 27.8. The highest BCUT2D eigenvalue weighted by Crippen LogP contribution is 2.39. The first-order valence-electron chi connectivity index (χ1n) is 13.3. The Hall–Kier alpha value is -3.78. The second-order valence-electron chi connectivity index (χ2n) is 9.82. The van der Waals surface area contributed by atoms with Gasteiger partial charge in [0.1, 0.15) is 16.4 Å². The Kier molecular flexibility index (Phi) is 8.75. The van der Waals surface area contributed by atoms with Gasteiger partial charge >= 0.3 is 0 Å². The molecule has 0 fully saturated rings. The number of fused-ring (bicyclic) bond motifs is 1. The fraction of sp³-hybridized carbons (Fsp3) is 0.242. The summed E-state index contributed by atoms with van der Waals surface area (Å²) in [7, 11) is 3.71. The van der Waals surface area contributed by atoms with Crippen LogP contribution >= 0.6 is 11.3 Å². The van der Waals surface area contributed by atoms with E-state index in [-0.39, 0.29) is 17.9 Å². The number of methoxy groups -OCH3 is 1. The van der Waals surface area contributed by atoms with Crippen LogP contribution in [0.4, 0.5) is 4.39 Å². The second-order valence-corrected chi connectivity index (χ2v) is 10.8. The van der Waals surface area contributed by atoms with E-state index in [1.807, 2.05) is 66.2 Å². The van der Waals surface area contributed by atoms with Crippen molar-refractivity contribution in [3.8, 4) is 16.2 Å². The van der Waals surface area contributed by atoms with Crippen LogP contribution in [0.15, 0.2) is 89.9 Å². The zero-order valence-electron chi connectivity index (χ0n) is 23.0. The van der Waals surface area contributed by atoms with Gasteiger partial charge in [0.15, 0.2) is 5.43 Å². The number of pyridine rings is 1. The molecule has 0 saturated carbocycles. The highest BCUT2D eigenvalue weighted by Gasteiger charge is 2.22. The van der Waals surface area contributed by atoms with Crippen LogP contribution in [0.2, 0.25) is 0 Å². The minimum atomic E-state index is -0.268. The Morgan fingerprint density at radius 3 is 2.35 bits per heavy atom. The van der Waals surface area contributed by atoms with Crippen LogP contribution in [0.3, 0.4) is 0 Å². The SMILES string of the molecule is CCOCc1cn(Cc2ccccc2F)c2sc(-c3ccc(OC)cc3)c(CN(C)Cc3ccccc3)c2c1=O. The standard InChI is InChI=1S/C33H33FN2O3S/c1-4-39-22-26-20-36(19-25-12-8-9-13-29(25)34)33-30(31(26)37)28(21-35(2)18-23-10-6-5-7-11-23)32(40-33)24-14-16-27(38-3)17-15-24/h5-17,20H,4,18-19,21-22H2,1-3H3. The third-order valence-electron chi connectivity index (χ3n) is 6.92. The fourth-order valence-electron chi connectivity index (χ4n) is 4.94. The molecule has 40 heavy (non-hydrogen) atoms. The Morgan fingerprint density at radius 2 is 1.65 bits per heavy atom. The van der Waals surface area contributed by atoms with Gasteiger partial charge < -0.3 is 14.0 Å². The normalized spacial score (nSPS) is 11.4. The number of hydrogen-bond donors (Lipinski definition) is 0. The van der Waals surface area contributed by atoms with E-state index in [4.69, 9.17) is 9.47 Å². The topological polar surface area (TPSA) is 43.7 Å². The van der Waals surface area contributed by atoms with E-state index in [0.717, 1.165) is 33.1 Å². The van der Waals surface area contributed by atoms with Crippen molar-refractivity contribution in [2.45, 2.75) is 33.2 Å². The average molecular weight is 557 g/mol. The van der Waals surface area contributed by atoms with Gasteiger partial charge in [0.2, 0.25) is 0 Å². The van der Waals surface area contributed by atoms with Gasteiger partial charge in [-0.05, 0) is 61.0 Å². The number of halogens is 1. The van der Waals surface area contributed by atoms with E-state index in [9.17, 15) is 9.18 Å². The molecule has 0 bridgehead atoms. The number of rotatable bonds is 11.